The molecular formula is C33H34F4N2O6S. The molecule has 13 heteroatoms. The highest BCUT2D eigenvalue weighted by molar-refractivity contribution is 7.92. The van der Waals surface area contributed by atoms with Crippen molar-refractivity contribution in [2.24, 2.45) is 17.8 Å². The molecule has 0 aliphatic heterocycles. The summed E-state index contributed by atoms with van der Waals surface area (Å²) in [5, 5.41) is 6.09. The van der Waals surface area contributed by atoms with Crippen molar-refractivity contribution < 1.29 is 45.0 Å². The zero-order valence-electron chi connectivity index (χ0n) is 25.6. The highest BCUT2D eigenvalue weighted by atomic mass is 32.2. The number of hydrogen-bond acceptors (Lipinski definition) is 7. The second-order valence-corrected chi connectivity index (χ2v) is 13.8. The number of benzene rings is 3. The Hall–Kier alpha value is -3.97. The molecule has 8 nitrogen and oxygen atoms in total. The summed E-state index contributed by atoms with van der Waals surface area (Å²) in [6, 6.07) is 10.2. The van der Waals surface area contributed by atoms with Gasteiger partial charge in [0.15, 0.2) is 0 Å². The molecule has 4 atom stereocenters. The van der Waals surface area contributed by atoms with Crippen molar-refractivity contribution in [1.82, 2.24) is 5.32 Å². The first-order chi connectivity index (χ1) is 21.7. The second kappa shape index (κ2) is 12.7. The molecule has 0 unspecified atom stereocenters. The largest absolute Gasteiger partial charge is 0.501 e. The smallest absolute Gasteiger partial charge is 0.496 e. The Morgan fingerprint density at radius 2 is 1.65 bits per heavy atom. The standard InChI is InChI=1S/C33H34F4N2O6S/c1-17-10-21(11-18(2)28(17)32(41)45-4)25-13-22(27(44-3)15-26(25)34)16-38-30-20-9-8-19(12-20)29(30)31(40)39-23-6-5-7-24(14-23)46(42,43)33(35,36)37/h5-7,10-11,13-15,19-20,29-30,38H,8-9,12,16H2,1-4H3,(H,39,40)/t19-,20+,29+,30-/m1/s1. The van der Waals surface area contributed by atoms with E-state index >= 15 is 4.39 Å². The monoisotopic (exact) mass is 662 g/mol. The first-order valence-corrected chi connectivity index (χ1v) is 16.2. The van der Waals surface area contributed by atoms with Gasteiger partial charge >= 0.3 is 11.5 Å². The third-order valence-electron chi connectivity index (χ3n) is 9.07. The van der Waals surface area contributed by atoms with Crippen molar-refractivity contribution in [3.05, 3.63) is 76.6 Å². The van der Waals surface area contributed by atoms with E-state index in [4.69, 9.17) is 9.47 Å². The lowest BCUT2D eigenvalue weighted by molar-refractivity contribution is -0.122. The maximum atomic E-state index is 15.4. The quantitative estimate of drug-likeness (QED) is 0.203. The first-order valence-electron chi connectivity index (χ1n) is 14.7. The molecule has 2 saturated carbocycles. The van der Waals surface area contributed by atoms with Crippen LogP contribution in [-0.4, -0.2) is 46.1 Å². The van der Waals surface area contributed by atoms with Crippen molar-refractivity contribution in [3.8, 4) is 16.9 Å². The molecule has 0 saturated heterocycles. The number of hydrogen-bond donors (Lipinski definition) is 2. The van der Waals surface area contributed by atoms with Crippen LogP contribution >= 0.6 is 0 Å². The molecule has 3 aromatic carbocycles. The summed E-state index contributed by atoms with van der Waals surface area (Å²) in [5.41, 5.74) is -2.34. The Bertz CT molecular complexity index is 1770. The van der Waals surface area contributed by atoms with Gasteiger partial charge in [-0.15, -0.1) is 0 Å². The molecule has 0 spiro atoms. The van der Waals surface area contributed by atoms with Crippen LogP contribution < -0.4 is 15.4 Å². The van der Waals surface area contributed by atoms with Crippen molar-refractivity contribution >= 4 is 27.4 Å². The van der Waals surface area contributed by atoms with E-state index < -0.39 is 43.9 Å². The van der Waals surface area contributed by atoms with Crippen LogP contribution in [0.15, 0.2) is 53.4 Å². The number of sulfone groups is 1. The predicted octanol–water partition coefficient (Wildman–Crippen LogP) is 6.34. The van der Waals surface area contributed by atoms with E-state index in [0.29, 0.717) is 39.1 Å². The van der Waals surface area contributed by atoms with Crippen LogP contribution in [0.4, 0.5) is 23.2 Å². The van der Waals surface area contributed by atoms with E-state index in [1.54, 1.807) is 32.0 Å². The fourth-order valence-electron chi connectivity index (χ4n) is 6.98. The summed E-state index contributed by atoms with van der Waals surface area (Å²) >= 11 is 0. The minimum Gasteiger partial charge on any atom is -0.496 e. The number of anilines is 1. The lowest BCUT2D eigenvalue weighted by atomic mass is 9.83. The molecule has 0 heterocycles. The fourth-order valence-corrected chi connectivity index (χ4v) is 7.79. The topological polar surface area (TPSA) is 111 Å². The van der Waals surface area contributed by atoms with E-state index in [0.717, 1.165) is 37.5 Å². The number of fused-ring (bicyclic) bond motifs is 2. The average molecular weight is 663 g/mol. The molecule has 2 bridgehead atoms. The molecule has 2 N–H and O–H groups in total. The van der Waals surface area contributed by atoms with Gasteiger partial charge in [0, 0.05) is 35.5 Å². The zero-order chi connectivity index (χ0) is 33.6. The number of carbonyl (C=O) groups is 2. The molecule has 2 fully saturated rings. The van der Waals surface area contributed by atoms with Crippen LogP contribution in [0.2, 0.25) is 0 Å². The maximum Gasteiger partial charge on any atom is 0.501 e. The van der Waals surface area contributed by atoms with Gasteiger partial charge in [0.2, 0.25) is 5.91 Å². The number of alkyl halides is 3. The van der Waals surface area contributed by atoms with Gasteiger partial charge in [0.05, 0.1) is 30.6 Å². The Morgan fingerprint density at radius 1 is 0.978 bits per heavy atom. The number of aryl methyl sites for hydroxylation is 2. The van der Waals surface area contributed by atoms with Crippen molar-refractivity contribution in [2.75, 3.05) is 19.5 Å². The van der Waals surface area contributed by atoms with Crippen LogP contribution in [0.1, 0.15) is 46.3 Å². The van der Waals surface area contributed by atoms with Crippen LogP contribution in [0.25, 0.3) is 11.1 Å². The van der Waals surface area contributed by atoms with Crippen LogP contribution in [0, 0.1) is 37.4 Å². The molecule has 3 aromatic rings. The average Bonchev–Trinajstić information content (AvgIpc) is 3.61. The second-order valence-electron chi connectivity index (χ2n) is 11.9. The molecule has 246 valence electrons. The Labute approximate surface area is 264 Å². The minimum atomic E-state index is -5.58. The summed E-state index contributed by atoms with van der Waals surface area (Å²) in [6.07, 6.45) is 2.49. The van der Waals surface area contributed by atoms with Gasteiger partial charge in [-0.25, -0.2) is 17.6 Å². The van der Waals surface area contributed by atoms with Crippen molar-refractivity contribution in [1.29, 1.82) is 0 Å². The zero-order valence-corrected chi connectivity index (χ0v) is 26.4. The number of methoxy groups -OCH3 is 2. The van der Waals surface area contributed by atoms with Crippen LogP contribution in [-0.2, 0) is 25.9 Å². The molecule has 0 aromatic heterocycles. The molecule has 5 rings (SSSR count). The SMILES string of the molecule is COC(=O)c1c(C)cc(-c2cc(CN[C@@H]3[C@H]4CC[C@H](C4)[C@@H]3C(=O)Nc3cccc(S(=O)(=O)C(F)(F)F)c3)c(OC)cc2F)cc1C. The Morgan fingerprint density at radius 3 is 2.28 bits per heavy atom. The highest BCUT2D eigenvalue weighted by Crippen LogP contribution is 2.49. The summed E-state index contributed by atoms with van der Waals surface area (Å²) < 4.78 is 88.8. The van der Waals surface area contributed by atoms with Crippen molar-refractivity contribution in [2.45, 2.75) is 56.1 Å². The van der Waals surface area contributed by atoms with Crippen molar-refractivity contribution in [3.63, 3.8) is 0 Å². The third-order valence-corrected chi connectivity index (χ3v) is 10.6. The number of esters is 1. The molecule has 2 aliphatic rings. The van der Waals surface area contributed by atoms with Crippen LogP contribution in [0.5, 0.6) is 5.75 Å². The molecule has 0 radical (unpaired) electrons. The maximum absolute atomic E-state index is 15.4. The number of nitrogens with one attached hydrogen (secondary N) is 2. The Kier molecular flexibility index (Phi) is 9.20. The predicted molar refractivity (Wildman–Crippen MR) is 162 cm³/mol. The van der Waals surface area contributed by atoms with Gasteiger partial charge in [0.1, 0.15) is 11.6 Å². The molecular weight excluding hydrogens is 628 g/mol. The summed E-state index contributed by atoms with van der Waals surface area (Å²) in [7, 11) is -2.86. The lowest BCUT2D eigenvalue weighted by Gasteiger charge is -2.31. The van der Waals surface area contributed by atoms with E-state index in [2.05, 4.69) is 10.6 Å². The van der Waals surface area contributed by atoms with E-state index in [9.17, 15) is 31.2 Å². The van der Waals surface area contributed by atoms with Gasteiger partial charge in [0.25, 0.3) is 9.84 Å². The van der Waals surface area contributed by atoms with Crippen LogP contribution in [0.3, 0.4) is 0 Å². The highest BCUT2D eigenvalue weighted by Gasteiger charge is 2.51. The number of halogens is 4. The summed E-state index contributed by atoms with van der Waals surface area (Å²) in [5.74, 6) is -1.43. The number of carbonyl (C=O) groups excluding carboxylic acids is 2. The molecule has 2 aliphatic carbocycles. The lowest BCUT2D eigenvalue weighted by Crippen LogP contribution is -2.45. The van der Waals surface area contributed by atoms with Gasteiger partial charge in [-0.05, 0) is 85.9 Å². The number of ether oxygens (including phenoxy) is 2. The van der Waals surface area contributed by atoms with Gasteiger partial charge in [-0.2, -0.15) is 13.2 Å². The fraction of sp³-hybridized carbons (Fsp3) is 0.394. The summed E-state index contributed by atoms with van der Waals surface area (Å²) in [4.78, 5) is 24.8. The van der Waals surface area contributed by atoms with E-state index in [-0.39, 0.29) is 30.1 Å². The normalized spacial score (nSPS) is 20.9. The van der Waals surface area contributed by atoms with Gasteiger partial charge in [-0.1, -0.05) is 18.2 Å². The van der Waals surface area contributed by atoms with E-state index in [1.807, 2.05) is 0 Å². The Balaban J connectivity index is 1.38. The molecule has 1 amide bonds. The third kappa shape index (κ3) is 6.22. The molecule has 46 heavy (non-hydrogen) atoms. The number of amides is 1. The van der Waals surface area contributed by atoms with Gasteiger partial charge in [-0.3, -0.25) is 4.79 Å². The minimum absolute atomic E-state index is 0.0366. The first kappa shape index (κ1) is 33.4. The number of rotatable bonds is 9. The summed E-state index contributed by atoms with van der Waals surface area (Å²) in [6.45, 7) is 3.72. The van der Waals surface area contributed by atoms with E-state index in [1.165, 1.54) is 26.4 Å². The van der Waals surface area contributed by atoms with Gasteiger partial charge < -0.3 is 20.1 Å².